The average Bonchev–Trinajstić information content (AvgIpc) is 2.03. The Morgan fingerprint density at radius 2 is 2.23 bits per heavy atom. The van der Waals surface area contributed by atoms with Crippen molar-refractivity contribution in [2.24, 2.45) is 5.73 Å². The van der Waals surface area contributed by atoms with E-state index in [9.17, 15) is 9.18 Å². The molecule has 0 heterocycles. The molecule has 1 amide bonds. The number of amides is 1. The van der Waals surface area contributed by atoms with Crippen LogP contribution in [0, 0.1) is 5.82 Å². The smallest absolute Gasteiger partial charge is 0.236 e. The van der Waals surface area contributed by atoms with E-state index in [4.69, 9.17) is 11.5 Å². The third kappa shape index (κ3) is 2.33. The first-order valence-corrected chi connectivity index (χ1v) is 3.67. The van der Waals surface area contributed by atoms with E-state index in [2.05, 4.69) is 5.32 Å². The molecule has 0 aliphatic carbocycles. The summed E-state index contributed by atoms with van der Waals surface area (Å²) in [5.41, 5.74) is 10.7. The van der Waals surface area contributed by atoms with Crippen molar-refractivity contribution in [2.45, 2.75) is 0 Å². The van der Waals surface area contributed by atoms with Crippen LogP contribution < -0.4 is 16.8 Å². The third-order valence-corrected chi connectivity index (χ3v) is 1.49. The maximum absolute atomic E-state index is 13.0. The van der Waals surface area contributed by atoms with Gasteiger partial charge in [0.1, 0.15) is 5.82 Å². The Balaban J connectivity index is 2.81. The molecule has 5 heteroatoms. The highest BCUT2D eigenvalue weighted by atomic mass is 19.1. The topological polar surface area (TPSA) is 81.1 Å². The van der Waals surface area contributed by atoms with Crippen LogP contribution in [-0.2, 0) is 4.79 Å². The summed E-state index contributed by atoms with van der Waals surface area (Å²) in [6, 6.07) is 4.27. The molecule has 0 bridgehead atoms. The molecule has 0 saturated carbocycles. The summed E-state index contributed by atoms with van der Waals surface area (Å²) in [6.45, 7) is -0.134. The molecule has 4 nitrogen and oxygen atoms in total. The molecule has 0 saturated heterocycles. The van der Waals surface area contributed by atoms with E-state index in [1.54, 1.807) is 0 Å². The second kappa shape index (κ2) is 3.75. The van der Waals surface area contributed by atoms with Gasteiger partial charge in [0.25, 0.3) is 0 Å². The lowest BCUT2D eigenvalue weighted by Gasteiger charge is -2.07. The first-order valence-electron chi connectivity index (χ1n) is 3.67. The van der Waals surface area contributed by atoms with Crippen LogP contribution in [0.2, 0.25) is 0 Å². The summed E-state index contributed by atoms with van der Waals surface area (Å²) in [5.74, 6) is -1.07. The van der Waals surface area contributed by atoms with Crippen LogP contribution in [0.25, 0.3) is 0 Å². The van der Waals surface area contributed by atoms with Crippen LogP contribution in [0.4, 0.5) is 15.8 Å². The predicted molar refractivity (Wildman–Crippen MR) is 48.5 cm³/mol. The number of carbonyl (C=O) groups is 1. The van der Waals surface area contributed by atoms with Gasteiger partial charge in [-0.3, -0.25) is 4.79 Å². The highest BCUT2D eigenvalue weighted by Gasteiger charge is 2.05. The van der Waals surface area contributed by atoms with Gasteiger partial charge in [-0.1, -0.05) is 6.07 Å². The molecule has 1 aromatic rings. The Hall–Kier alpha value is -1.78. The fourth-order valence-electron chi connectivity index (χ4n) is 0.903. The van der Waals surface area contributed by atoms with Crippen LogP contribution in [0.3, 0.4) is 0 Å². The van der Waals surface area contributed by atoms with E-state index in [0.29, 0.717) is 0 Å². The number of primary amides is 1. The molecule has 1 aromatic carbocycles. The van der Waals surface area contributed by atoms with Gasteiger partial charge in [-0.05, 0) is 12.1 Å². The minimum atomic E-state index is -0.567. The van der Waals surface area contributed by atoms with E-state index in [1.165, 1.54) is 18.2 Å². The molecule has 0 radical (unpaired) electrons. The Labute approximate surface area is 74.7 Å². The van der Waals surface area contributed by atoms with Crippen molar-refractivity contribution in [2.75, 3.05) is 17.6 Å². The van der Waals surface area contributed by atoms with Crippen molar-refractivity contribution in [3.05, 3.63) is 24.0 Å². The number of rotatable bonds is 3. The summed E-state index contributed by atoms with van der Waals surface area (Å²) in [4.78, 5) is 10.4. The summed E-state index contributed by atoms with van der Waals surface area (Å²) >= 11 is 0. The molecule has 0 fully saturated rings. The van der Waals surface area contributed by atoms with E-state index < -0.39 is 11.7 Å². The fourth-order valence-corrected chi connectivity index (χ4v) is 0.903. The van der Waals surface area contributed by atoms with Gasteiger partial charge >= 0.3 is 0 Å². The molecule has 1 rings (SSSR count). The normalized spacial score (nSPS) is 9.62. The van der Waals surface area contributed by atoms with Crippen molar-refractivity contribution >= 4 is 17.3 Å². The van der Waals surface area contributed by atoms with Crippen molar-refractivity contribution in [3.63, 3.8) is 0 Å². The Morgan fingerprint density at radius 1 is 1.54 bits per heavy atom. The summed E-state index contributed by atoms with van der Waals surface area (Å²) in [5, 5.41) is 2.51. The number of para-hydroxylation sites is 1. The number of hydrogen-bond donors (Lipinski definition) is 3. The standard InChI is InChI=1S/C8H10FN3O/c9-5-2-1-3-6(10)8(5)12-4-7(11)13/h1-3,12H,4,10H2,(H2,11,13). The van der Waals surface area contributed by atoms with Crippen LogP contribution in [0.5, 0.6) is 0 Å². The first-order chi connectivity index (χ1) is 6.11. The van der Waals surface area contributed by atoms with Gasteiger partial charge in [-0.25, -0.2) is 4.39 Å². The van der Waals surface area contributed by atoms with Gasteiger partial charge in [0.2, 0.25) is 5.91 Å². The number of anilines is 2. The minimum absolute atomic E-state index is 0.112. The SMILES string of the molecule is NC(=O)CNc1c(N)cccc1F. The molecular formula is C8H10FN3O. The highest BCUT2D eigenvalue weighted by Crippen LogP contribution is 2.20. The number of benzene rings is 1. The minimum Gasteiger partial charge on any atom is -0.397 e. The molecule has 5 N–H and O–H groups in total. The number of carbonyl (C=O) groups excluding carboxylic acids is 1. The Bertz CT molecular complexity index is 307. The zero-order valence-electron chi connectivity index (χ0n) is 6.88. The largest absolute Gasteiger partial charge is 0.397 e. The third-order valence-electron chi connectivity index (χ3n) is 1.49. The molecule has 0 spiro atoms. The Morgan fingerprint density at radius 3 is 2.77 bits per heavy atom. The van der Waals surface area contributed by atoms with Gasteiger partial charge < -0.3 is 16.8 Å². The first kappa shape index (κ1) is 9.31. The van der Waals surface area contributed by atoms with E-state index in [0.717, 1.165) is 0 Å². The molecule has 13 heavy (non-hydrogen) atoms. The fraction of sp³-hybridized carbons (Fsp3) is 0.125. The van der Waals surface area contributed by atoms with Gasteiger partial charge in [0.05, 0.1) is 17.9 Å². The van der Waals surface area contributed by atoms with Crippen LogP contribution in [-0.4, -0.2) is 12.5 Å². The lowest BCUT2D eigenvalue weighted by molar-refractivity contribution is -0.116. The number of nitrogens with one attached hydrogen (secondary N) is 1. The average molecular weight is 183 g/mol. The number of halogens is 1. The lowest BCUT2D eigenvalue weighted by atomic mass is 10.2. The van der Waals surface area contributed by atoms with E-state index >= 15 is 0 Å². The number of nitrogen functional groups attached to an aromatic ring is 1. The lowest BCUT2D eigenvalue weighted by Crippen LogP contribution is -2.22. The highest BCUT2D eigenvalue weighted by molar-refractivity contribution is 5.80. The van der Waals surface area contributed by atoms with Crippen molar-refractivity contribution < 1.29 is 9.18 Å². The zero-order valence-corrected chi connectivity index (χ0v) is 6.88. The monoisotopic (exact) mass is 183 g/mol. The maximum Gasteiger partial charge on any atom is 0.236 e. The van der Waals surface area contributed by atoms with Gasteiger partial charge in [-0.2, -0.15) is 0 Å². The molecule has 0 aromatic heterocycles. The molecular weight excluding hydrogens is 173 g/mol. The van der Waals surface area contributed by atoms with E-state index in [1.807, 2.05) is 0 Å². The summed E-state index contributed by atoms with van der Waals surface area (Å²) in [6.07, 6.45) is 0. The number of hydrogen-bond acceptors (Lipinski definition) is 3. The number of nitrogens with two attached hydrogens (primary N) is 2. The molecule has 0 atom stereocenters. The van der Waals surface area contributed by atoms with Crippen molar-refractivity contribution in [1.82, 2.24) is 0 Å². The second-order valence-electron chi connectivity index (χ2n) is 2.52. The molecule has 70 valence electrons. The van der Waals surface area contributed by atoms with Crippen molar-refractivity contribution in [1.29, 1.82) is 0 Å². The van der Waals surface area contributed by atoms with E-state index in [-0.39, 0.29) is 17.9 Å². The zero-order chi connectivity index (χ0) is 9.84. The van der Waals surface area contributed by atoms with Gasteiger partial charge in [0.15, 0.2) is 0 Å². The quantitative estimate of drug-likeness (QED) is 0.590. The van der Waals surface area contributed by atoms with Gasteiger partial charge in [-0.15, -0.1) is 0 Å². The summed E-state index contributed by atoms with van der Waals surface area (Å²) in [7, 11) is 0. The predicted octanol–water partition coefficient (Wildman–Crippen LogP) is 0.305. The van der Waals surface area contributed by atoms with Crippen molar-refractivity contribution in [3.8, 4) is 0 Å². The van der Waals surface area contributed by atoms with Crippen LogP contribution >= 0.6 is 0 Å². The summed E-state index contributed by atoms with van der Waals surface area (Å²) < 4.78 is 13.0. The molecule has 0 aliphatic heterocycles. The molecule has 0 unspecified atom stereocenters. The van der Waals surface area contributed by atoms with Crippen LogP contribution in [0.1, 0.15) is 0 Å². The molecule has 0 aliphatic rings. The van der Waals surface area contributed by atoms with Crippen LogP contribution in [0.15, 0.2) is 18.2 Å². The van der Waals surface area contributed by atoms with Gasteiger partial charge in [0, 0.05) is 0 Å². The second-order valence-corrected chi connectivity index (χ2v) is 2.52. The Kier molecular flexibility index (Phi) is 2.69. The maximum atomic E-state index is 13.0.